The lowest BCUT2D eigenvalue weighted by Crippen LogP contribution is -2.51. The van der Waals surface area contributed by atoms with Crippen molar-refractivity contribution in [1.82, 2.24) is 10.2 Å². The zero-order valence-electron chi connectivity index (χ0n) is 26.8. The molecule has 0 aromatic heterocycles. The van der Waals surface area contributed by atoms with Crippen LogP contribution in [0.2, 0.25) is 0 Å². The highest BCUT2D eigenvalue weighted by Crippen LogP contribution is 2.13. The van der Waals surface area contributed by atoms with Crippen LogP contribution in [-0.2, 0) is 38.2 Å². The number of carbonyl (C=O) groups is 5. The fourth-order valence-corrected chi connectivity index (χ4v) is 4.65. The quantitative estimate of drug-likeness (QED) is 0.0391. The van der Waals surface area contributed by atoms with Crippen molar-refractivity contribution in [2.45, 2.75) is 143 Å². The Balaban J connectivity index is 5.05. The van der Waals surface area contributed by atoms with Gasteiger partial charge in [0.25, 0.3) is 6.47 Å². The lowest BCUT2D eigenvalue weighted by atomic mass is 10.1. The minimum absolute atomic E-state index is 0.0188. The van der Waals surface area contributed by atoms with Crippen molar-refractivity contribution in [3.8, 4) is 0 Å². The molecule has 42 heavy (non-hydrogen) atoms. The topological polar surface area (TPSA) is 128 Å². The number of hydrogen-bond donors (Lipinski definition) is 1. The summed E-state index contributed by atoms with van der Waals surface area (Å²) in [5.74, 6) is -1.77. The third-order valence-corrected chi connectivity index (χ3v) is 7.09. The molecule has 10 heteroatoms. The predicted molar refractivity (Wildman–Crippen MR) is 162 cm³/mol. The van der Waals surface area contributed by atoms with E-state index < -0.39 is 12.1 Å². The lowest BCUT2D eigenvalue weighted by Gasteiger charge is -2.31. The zero-order valence-corrected chi connectivity index (χ0v) is 26.8. The lowest BCUT2D eigenvalue weighted by molar-refractivity contribution is -0.151. The Morgan fingerprint density at radius 3 is 1.69 bits per heavy atom. The van der Waals surface area contributed by atoms with E-state index in [1.165, 1.54) is 37.5 Å². The maximum absolute atomic E-state index is 13.1. The summed E-state index contributed by atoms with van der Waals surface area (Å²) in [6.45, 7) is 8.07. The summed E-state index contributed by atoms with van der Waals surface area (Å²) in [5, 5.41) is 2.89. The van der Waals surface area contributed by atoms with Gasteiger partial charge in [-0.2, -0.15) is 0 Å². The van der Waals surface area contributed by atoms with E-state index in [0.717, 1.165) is 51.4 Å². The van der Waals surface area contributed by atoms with Crippen LogP contribution in [0.25, 0.3) is 0 Å². The molecule has 0 aliphatic carbocycles. The second-order valence-corrected chi connectivity index (χ2v) is 11.0. The molecule has 0 aromatic carbocycles. The van der Waals surface area contributed by atoms with Crippen molar-refractivity contribution >= 4 is 30.2 Å². The minimum Gasteiger partial charge on any atom is -0.466 e. The summed E-state index contributed by atoms with van der Waals surface area (Å²) in [5.41, 5.74) is 0. The highest BCUT2D eigenvalue weighted by atomic mass is 16.5. The molecule has 1 atom stereocenters. The number of esters is 2. The average molecular weight is 599 g/mol. The maximum Gasteiger partial charge on any atom is 0.305 e. The standard InChI is InChI=1S/C32H58N2O8/c1-5-8-10-12-14-16-19-31(38)41-24-28(25-42-32(39)20-17-15-13-11-9-6-2)23-30(37)33-29(18-7-3)34(27(4)36)21-22-40-26-35/h26,28-29H,5-25H2,1-4H3,(H,33,37). The van der Waals surface area contributed by atoms with Gasteiger partial charge in [0.1, 0.15) is 12.8 Å². The van der Waals surface area contributed by atoms with Crippen LogP contribution in [0.15, 0.2) is 0 Å². The van der Waals surface area contributed by atoms with Crippen LogP contribution in [0.4, 0.5) is 0 Å². The molecule has 1 N–H and O–H groups in total. The molecule has 0 saturated carbocycles. The zero-order chi connectivity index (χ0) is 31.4. The van der Waals surface area contributed by atoms with Crippen LogP contribution >= 0.6 is 0 Å². The van der Waals surface area contributed by atoms with Crippen molar-refractivity contribution in [3.63, 3.8) is 0 Å². The molecule has 0 heterocycles. The summed E-state index contributed by atoms with van der Waals surface area (Å²) in [4.78, 5) is 62.0. The first-order chi connectivity index (χ1) is 20.3. The van der Waals surface area contributed by atoms with Gasteiger partial charge in [-0.05, 0) is 19.3 Å². The second kappa shape index (κ2) is 27.2. The largest absolute Gasteiger partial charge is 0.466 e. The van der Waals surface area contributed by atoms with Crippen LogP contribution in [0.3, 0.4) is 0 Å². The van der Waals surface area contributed by atoms with E-state index in [1.54, 1.807) is 0 Å². The van der Waals surface area contributed by atoms with Gasteiger partial charge in [0.2, 0.25) is 11.8 Å². The molecule has 244 valence electrons. The molecule has 0 aromatic rings. The average Bonchev–Trinajstić information content (AvgIpc) is 2.96. The van der Waals surface area contributed by atoms with Crippen molar-refractivity contribution in [3.05, 3.63) is 0 Å². The smallest absolute Gasteiger partial charge is 0.305 e. The third-order valence-electron chi connectivity index (χ3n) is 7.09. The van der Waals surface area contributed by atoms with E-state index in [1.807, 2.05) is 6.92 Å². The van der Waals surface area contributed by atoms with Gasteiger partial charge in [0.15, 0.2) is 0 Å². The van der Waals surface area contributed by atoms with Crippen LogP contribution in [0.1, 0.15) is 137 Å². The summed E-state index contributed by atoms with van der Waals surface area (Å²) in [7, 11) is 0. The first-order valence-electron chi connectivity index (χ1n) is 16.2. The number of nitrogens with one attached hydrogen (secondary N) is 1. The molecule has 0 fully saturated rings. The summed E-state index contributed by atoms with van der Waals surface area (Å²) >= 11 is 0. The number of nitrogens with zero attached hydrogens (tertiary/aromatic N) is 1. The van der Waals surface area contributed by atoms with E-state index >= 15 is 0 Å². The summed E-state index contributed by atoms with van der Waals surface area (Å²) in [6.07, 6.45) is 13.9. The van der Waals surface area contributed by atoms with Crippen molar-refractivity contribution in [1.29, 1.82) is 0 Å². The molecule has 0 aliphatic heterocycles. The monoisotopic (exact) mass is 598 g/mol. The van der Waals surface area contributed by atoms with E-state index in [9.17, 15) is 24.0 Å². The van der Waals surface area contributed by atoms with Crippen LogP contribution in [-0.4, -0.2) is 67.7 Å². The Morgan fingerprint density at radius 1 is 0.738 bits per heavy atom. The van der Waals surface area contributed by atoms with Gasteiger partial charge >= 0.3 is 11.9 Å². The fraction of sp³-hybridized carbons (Fsp3) is 0.844. The molecular weight excluding hydrogens is 540 g/mol. The minimum atomic E-state index is -0.582. The van der Waals surface area contributed by atoms with Crippen LogP contribution in [0.5, 0.6) is 0 Å². The number of unbranched alkanes of at least 4 members (excludes halogenated alkanes) is 10. The number of rotatable bonds is 28. The molecule has 0 aliphatic rings. The number of amides is 2. The summed E-state index contributed by atoms with van der Waals surface area (Å²) < 4.78 is 15.7. The molecule has 0 radical (unpaired) electrons. The maximum atomic E-state index is 13.1. The predicted octanol–water partition coefficient (Wildman–Crippen LogP) is 5.84. The van der Waals surface area contributed by atoms with E-state index in [0.29, 0.717) is 32.2 Å². The van der Waals surface area contributed by atoms with Gasteiger partial charge in [-0.25, -0.2) is 0 Å². The van der Waals surface area contributed by atoms with Crippen molar-refractivity contribution < 1.29 is 38.2 Å². The normalized spacial score (nSPS) is 11.5. The molecule has 0 saturated heterocycles. The van der Waals surface area contributed by atoms with Crippen LogP contribution < -0.4 is 5.32 Å². The third kappa shape index (κ3) is 22.0. The Morgan fingerprint density at radius 2 is 1.24 bits per heavy atom. The molecular formula is C32H58N2O8. The number of ether oxygens (including phenoxy) is 3. The van der Waals surface area contributed by atoms with Gasteiger partial charge in [0.05, 0.1) is 19.8 Å². The summed E-state index contributed by atoms with van der Waals surface area (Å²) in [6, 6.07) is 0. The number of carbonyl (C=O) groups excluding carboxylic acids is 5. The van der Waals surface area contributed by atoms with Crippen molar-refractivity contribution in [2.75, 3.05) is 26.4 Å². The highest BCUT2D eigenvalue weighted by Gasteiger charge is 2.25. The van der Waals surface area contributed by atoms with E-state index in [-0.39, 0.29) is 56.5 Å². The highest BCUT2D eigenvalue weighted by molar-refractivity contribution is 5.78. The van der Waals surface area contributed by atoms with Gasteiger partial charge in [-0.15, -0.1) is 0 Å². The molecule has 0 spiro atoms. The van der Waals surface area contributed by atoms with E-state index in [4.69, 9.17) is 14.2 Å². The van der Waals surface area contributed by atoms with E-state index in [2.05, 4.69) is 19.2 Å². The Kier molecular flexibility index (Phi) is 25.5. The molecule has 0 rings (SSSR count). The Bertz CT molecular complexity index is 714. The Hall–Kier alpha value is -2.65. The molecule has 1 unspecified atom stereocenters. The SMILES string of the molecule is CCCCCCCCC(=O)OCC(COC(=O)CCCCCCCC)CC(=O)NC(CCC)N(CCOC=O)C(C)=O. The van der Waals surface area contributed by atoms with Crippen molar-refractivity contribution in [2.24, 2.45) is 5.92 Å². The van der Waals surface area contributed by atoms with Gasteiger partial charge < -0.3 is 24.4 Å². The van der Waals surface area contributed by atoms with Gasteiger partial charge in [-0.1, -0.05) is 91.4 Å². The first-order valence-corrected chi connectivity index (χ1v) is 16.2. The Labute approximate surface area is 254 Å². The first kappa shape index (κ1) is 39.4. The number of hydrogen-bond acceptors (Lipinski definition) is 8. The van der Waals surface area contributed by atoms with Crippen LogP contribution in [0, 0.1) is 5.92 Å². The molecule has 10 nitrogen and oxygen atoms in total. The molecule has 2 amide bonds. The second-order valence-electron chi connectivity index (χ2n) is 11.0. The fourth-order valence-electron chi connectivity index (χ4n) is 4.65. The van der Waals surface area contributed by atoms with Gasteiger partial charge in [0, 0.05) is 32.1 Å². The molecule has 0 bridgehead atoms. The van der Waals surface area contributed by atoms with Gasteiger partial charge in [-0.3, -0.25) is 24.0 Å².